The SMILES string of the molecule is Cc1cc(-c2cccc(F)c2)nnc1/N=C\N(C)C. The van der Waals surface area contributed by atoms with E-state index in [9.17, 15) is 4.39 Å². The van der Waals surface area contributed by atoms with Crippen molar-refractivity contribution in [1.29, 1.82) is 0 Å². The normalized spacial score (nSPS) is 10.9. The highest BCUT2D eigenvalue weighted by Crippen LogP contribution is 2.22. The molecule has 1 aromatic carbocycles. The molecule has 0 saturated heterocycles. The number of aliphatic imine (C=N–C) groups is 1. The van der Waals surface area contributed by atoms with E-state index in [1.54, 1.807) is 18.5 Å². The van der Waals surface area contributed by atoms with Crippen molar-refractivity contribution in [1.82, 2.24) is 15.1 Å². The Bertz CT molecular complexity index is 608. The second kappa shape index (κ2) is 5.56. The maximum absolute atomic E-state index is 13.2. The van der Waals surface area contributed by atoms with E-state index in [-0.39, 0.29) is 5.82 Å². The number of aromatic nitrogens is 2. The molecule has 0 unspecified atom stereocenters. The van der Waals surface area contributed by atoms with Crippen LogP contribution >= 0.6 is 0 Å². The van der Waals surface area contributed by atoms with Gasteiger partial charge in [-0.25, -0.2) is 9.38 Å². The molecule has 0 aliphatic rings. The molecule has 4 nitrogen and oxygen atoms in total. The number of benzene rings is 1. The van der Waals surface area contributed by atoms with E-state index in [1.165, 1.54) is 12.1 Å². The topological polar surface area (TPSA) is 41.4 Å². The van der Waals surface area contributed by atoms with Crippen LogP contribution in [0.15, 0.2) is 35.3 Å². The van der Waals surface area contributed by atoms with Gasteiger partial charge in [-0.05, 0) is 30.7 Å². The zero-order valence-electron chi connectivity index (χ0n) is 11.1. The molecule has 0 spiro atoms. The van der Waals surface area contributed by atoms with E-state index in [1.807, 2.05) is 32.0 Å². The Morgan fingerprint density at radius 2 is 2.00 bits per heavy atom. The fraction of sp³-hybridized carbons (Fsp3) is 0.214. The molecule has 0 aliphatic heterocycles. The van der Waals surface area contributed by atoms with Crippen LogP contribution in [0, 0.1) is 12.7 Å². The van der Waals surface area contributed by atoms with Gasteiger partial charge in [0.1, 0.15) is 5.82 Å². The quantitative estimate of drug-likeness (QED) is 0.628. The van der Waals surface area contributed by atoms with Crippen LogP contribution in [0.2, 0.25) is 0 Å². The van der Waals surface area contributed by atoms with Gasteiger partial charge in [-0.3, -0.25) is 0 Å². The number of halogens is 1. The molecule has 1 heterocycles. The number of hydrogen-bond donors (Lipinski definition) is 0. The molecule has 5 heteroatoms. The molecule has 0 bridgehead atoms. The molecule has 0 radical (unpaired) electrons. The Hall–Kier alpha value is -2.30. The zero-order chi connectivity index (χ0) is 13.8. The summed E-state index contributed by atoms with van der Waals surface area (Å²) in [7, 11) is 3.76. The van der Waals surface area contributed by atoms with Gasteiger partial charge < -0.3 is 4.90 Å². The molecule has 0 N–H and O–H groups in total. The van der Waals surface area contributed by atoms with Crippen LogP contribution < -0.4 is 0 Å². The number of hydrogen-bond acceptors (Lipinski definition) is 3. The van der Waals surface area contributed by atoms with Gasteiger partial charge in [-0.15, -0.1) is 10.2 Å². The standard InChI is InChI=1S/C14H15FN4/c1-10-7-13(11-5-4-6-12(15)8-11)17-18-14(10)16-9-19(2)3/h4-9H,1-3H3/b16-9-. The summed E-state index contributed by atoms with van der Waals surface area (Å²) in [6.45, 7) is 1.90. The second-order valence-electron chi connectivity index (χ2n) is 4.45. The fourth-order valence-corrected chi connectivity index (χ4v) is 1.57. The van der Waals surface area contributed by atoms with Gasteiger partial charge in [0.05, 0.1) is 12.0 Å². The van der Waals surface area contributed by atoms with Crippen molar-refractivity contribution in [3.63, 3.8) is 0 Å². The van der Waals surface area contributed by atoms with Crippen LogP contribution in [-0.2, 0) is 0 Å². The van der Waals surface area contributed by atoms with Gasteiger partial charge in [0.2, 0.25) is 0 Å². The van der Waals surface area contributed by atoms with Crippen LogP contribution in [-0.4, -0.2) is 35.5 Å². The van der Waals surface area contributed by atoms with Crippen LogP contribution in [0.25, 0.3) is 11.3 Å². The van der Waals surface area contributed by atoms with Gasteiger partial charge >= 0.3 is 0 Å². The van der Waals surface area contributed by atoms with E-state index < -0.39 is 0 Å². The molecule has 0 fully saturated rings. The predicted octanol–water partition coefficient (Wildman–Crippen LogP) is 2.81. The Morgan fingerprint density at radius 3 is 2.63 bits per heavy atom. The molecular formula is C14H15FN4. The number of rotatable bonds is 3. The maximum atomic E-state index is 13.2. The first-order chi connectivity index (χ1) is 9.06. The first kappa shape index (κ1) is 13.1. The van der Waals surface area contributed by atoms with E-state index in [2.05, 4.69) is 15.2 Å². The minimum atomic E-state index is -0.286. The van der Waals surface area contributed by atoms with E-state index in [0.29, 0.717) is 17.1 Å². The third kappa shape index (κ3) is 3.34. The lowest BCUT2D eigenvalue weighted by Gasteiger charge is -2.05. The minimum Gasteiger partial charge on any atom is -0.369 e. The van der Waals surface area contributed by atoms with Gasteiger partial charge in [0, 0.05) is 19.7 Å². The van der Waals surface area contributed by atoms with Crippen molar-refractivity contribution in [3.05, 3.63) is 41.7 Å². The van der Waals surface area contributed by atoms with Crippen molar-refractivity contribution >= 4 is 12.2 Å². The van der Waals surface area contributed by atoms with E-state index in [0.717, 1.165) is 5.56 Å². The Kier molecular flexibility index (Phi) is 3.85. The Labute approximate surface area is 111 Å². The monoisotopic (exact) mass is 258 g/mol. The van der Waals surface area contributed by atoms with Crippen LogP contribution in [0.1, 0.15) is 5.56 Å². The van der Waals surface area contributed by atoms with E-state index in [4.69, 9.17) is 0 Å². The Morgan fingerprint density at radius 1 is 1.21 bits per heavy atom. The summed E-state index contributed by atoms with van der Waals surface area (Å²) in [6, 6.07) is 8.14. The Balaban J connectivity index is 2.33. The molecule has 19 heavy (non-hydrogen) atoms. The van der Waals surface area contributed by atoms with Gasteiger partial charge in [-0.2, -0.15) is 0 Å². The molecular weight excluding hydrogens is 243 g/mol. The molecule has 0 amide bonds. The third-order valence-electron chi connectivity index (χ3n) is 2.49. The highest BCUT2D eigenvalue weighted by Gasteiger charge is 2.05. The first-order valence-corrected chi connectivity index (χ1v) is 5.87. The first-order valence-electron chi connectivity index (χ1n) is 5.87. The number of nitrogens with zero attached hydrogens (tertiary/aromatic N) is 4. The van der Waals surface area contributed by atoms with Gasteiger partial charge in [0.15, 0.2) is 5.82 Å². The zero-order valence-corrected chi connectivity index (χ0v) is 11.1. The molecule has 1 aromatic heterocycles. The lowest BCUT2D eigenvalue weighted by Crippen LogP contribution is -2.07. The molecule has 98 valence electrons. The van der Waals surface area contributed by atoms with E-state index >= 15 is 0 Å². The summed E-state index contributed by atoms with van der Waals surface area (Å²) in [4.78, 5) is 6.03. The minimum absolute atomic E-state index is 0.286. The average Bonchev–Trinajstić information content (AvgIpc) is 2.37. The van der Waals surface area contributed by atoms with Crippen molar-refractivity contribution in [3.8, 4) is 11.3 Å². The summed E-state index contributed by atoms with van der Waals surface area (Å²) in [5.74, 6) is 0.278. The van der Waals surface area contributed by atoms with Gasteiger partial charge in [0.25, 0.3) is 0 Å². The van der Waals surface area contributed by atoms with Gasteiger partial charge in [-0.1, -0.05) is 12.1 Å². The molecule has 0 saturated carbocycles. The van der Waals surface area contributed by atoms with Crippen LogP contribution in [0.5, 0.6) is 0 Å². The third-order valence-corrected chi connectivity index (χ3v) is 2.49. The van der Waals surface area contributed by atoms with Crippen molar-refractivity contribution in [2.75, 3.05) is 14.1 Å². The fourth-order valence-electron chi connectivity index (χ4n) is 1.57. The summed E-state index contributed by atoms with van der Waals surface area (Å²) in [5.41, 5.74) is 2.24. The largest absolute Gasteiger partial charge is 0.369 e. The predicted molar refractivity (Wildman–Crippen MR) is 74.0 cm³/mol. The highest BCUT2D eigenvalue weighted by atomic mass is 19.1. The van der Waals surface area contributed by atoms with Crippen LogP contribution in [0.4, 0.5) is 10.2 Å². The highest BCUT2D eigenvalue weighted by molar-refractivity contribution is 5.64. The molecule has 0 atom stereocenters. The summed E-state index contributed by atoms with van der Waals surface area (Å²) in [6.07, 6.45) is 1.67. The number of aryl methyl sites for hydroxylation is 1. The lowest BCUT2D eigenvalue weighted by atomic mass is 10.1. The second-order valence-corrected chi connectivity index (χ2v) is 4.45. The van der Waals surface area contributed by atoms with Crippen molar-refractivity contribution in [2.45, 2.75) is 6.92 Å². The molecule has 2 rings (SSSR count). The average molecular weight is 258 g/mol. The summed E-state index contributed by atoms with van der Waals surface area (Å²) in [5, 5.41) is 8.14. The maximum Gasteiger partial charge on any atom is 0.178 e. The van der Waals surface area contributed by atoms with Crippen molar-refractivity contribution < 1.29 is 4.39 Å². The summed E-state index contributed by atoms with van der Waals surface area (Å²) >= 11 is 0. The van der Waals surface area contributed by atoms with Crippen LogP contribution in [0.3, 0.4) is 0 Å². The lowest BCUT2D eigenvalue weighted by molar-refractivity contribution is 0.628. The summed E-state index contributed by atoms with van der Waals surface area (Å²) < 4.78 is 13.2. The van der Waals surface area contributed by atoms with Crippen molar-refractivity contribution in [2.24, 2.45) is 4.99 Å². The molecule has 0 aliphatic carbocycles. The molecule has 2 aromatic rings. The smallest absolute Gasteiger partial charge is 0.178 e.